The Hall–Kier alpha value is -2.49. The molecule has 2 fully saturated rings. The molecule has 2 saturated heterocycles. The van der Waals surface area contributed by atoms with E-state index in [1.54, 1.807) is 12.1 Å². The van der Waals surface area contributed by atoms with Crippen LogP contribution in [0, 0.1) is 5.82 Å². The van der Waals surface area contributed by atoms with E-state index >= 15 is 0 Å². The lowest BCUT2D eigenvalue weighted by Gasteiger charge is -2.14. The van der Waals surface area contributed by atoms with Crippen molar-refractivity contribution in [1.82, 2.24) is 15.5 Å². The summed E-state index contributed by atoms with van der Waals surface area (Å²) in [5, 5.41) is 5.21. The van der Waals surface area contributed by atoms with Gasteiger partial charge in [-0.3, -0.25) is 14.5 Å². The monoisotopic (exact) mass is 411 g/mol. The Morgan fingerprint density at radius 3 is 2.79 bits per heavy atom. The first-order valence-electron chi connectivity index (χ1n) is 9.09. The Labute approximate surface area is 162 Å². The van der Waals surface area contributed by atoms with Gasteiger partial charge in [0.25, 0.3) is 5.91 Å². The number of urea groups is 1. The van der Waals surface area contributed by atoms with E-state index in [0.717, 1.165) is 4.90 Å². The fourth-order valence-electron chi connectivity index (χ4n) is 3.40. The van der Waals surface area contributed by atoms with Gasteiger partial charge in [-0.05, 0) is 37.0 Å². The predicted octanol–water partition coefficient (Wildman–Crippen LogP) is 0.372. The molecular formula is C18H22FN3O5S. The molecule has 2 aliphatic heterocycles. The van der Waals surface area contributed by atoms with Gasteiger partial charge in [-0.15, -0.1) is 0 Å². The normalized spacial score (nSPS) is 23.7. The van der Waals surface area contributed by atoms with E-state index in [-0.39, 0.29) is 42.6 Å². The van der Waals surface area contributed by atoms with Crippen LogP contribution in [0.3, 0.4) is 0 Å². The second-order valence-corrected chi connectivity index (χ2v) is 9.31. The summed E-state index contributed by atoms with van der Waals surface area (Å²) in [6, 6.07) is 4.23. The highest BCUT2D eigenvalue weighted by molar-refractivity contribution is 7.91. The van der Waals surface area contributed by atoms with E-state index in [1.165, 1.54) is 12.1 Å². The van der Waals surface area contributed by atoms with Crippen LogP contribution in [-0.4, -0.2) is 61.3 Å². The van der Waals surface area contributed by atoms with Crippen LogP contribution in [0.15, 0.2) is 24.3 Å². The van der Waals surface area contributed by atoms with E-state index in [1.807, 2.05) is 0 Å². The summed E-state index contributed by atoms with van der Waals surface area (Å²) in [5.41, 5.74) is 0.676. The van der Waals surface area contributed by atoms with Crippen LogP contribution in [0.1, 0.15) is 24.8 Å². The molecule has 2 atom stereocenters. The topological polar surface area (TPSA) is 113 Å². The number of imide groups is 1. The summed E-state index contributed by atoms with van der Waals surface area (Å²) in [7, 11) is -3.08. The molecule has 0 spiro atoms. The zero-order valence-corrected chi connectivity index (χ0v) is 16.0. The van der Waals surface area contributed by atoms with Crippen molar-refractivity contribution < 1.29 is 27.2 Å². The number of carbonyl (C=O) groups excluding carboxylic acids is 3. The molecule has 152 valence electrons. The third kappa shape index (κ3) is 5.06. The predicted molar refractivity (Wildman–Crippen MR) is 98.6 cm³/mol. The lowest BCUT2D eigenvalue weighted by Crippen LogP contribution is -2.37. The first-order valence-corrected chi connectivity index (χ1v) is 10.9. The number of benzene rings is 1. The molecule has 2 aliphatic rings. The maximum Gasteiger partial charge on any atom is 0.324 e. The van der Waals surface area contributed by atoms with Gasteiger partial charge in [0.1, 0.15) is 11.9 Å². The molecule has 2 N–H and O–H groups in total. The van der Waals surface area contributed by atoms with Crippen molar-refractivity contribution in [2.45, 2.75) is 37.8 Å². The van der Waals surface area contributed by atoms with Crippen molar-refractivity contribution in [3.05, 3.63) is 35.6 Å². The molecule has 4 amide bonds. The van der Waals surface area contributed by atoms with Gasteiger partial charge in [-0.25, -0.2) is 17.6 Å². The SMILES string of the molecule is O=C(CC[C@H]1NC(=O)N(CCc2cccc(F)c2)C1=O)N[C@H]1CCS(=O)(=O)C1. The molecule has 0 saturated carbocycles. The lowest BCUT2D eigenvalue weighted by atomic mass is 10.1. The summed E-state index contributed by atoms with van der Waals surface area (Å²) in [5.74, 6) is -1.14. The molecule has 2 heterocycles. The summed E-state index contributed by atoms with van der Waals surface area (Å²) >= 11 is 0. The van der Waals surface area contributed by atoms with E-state index < -0.39 is 33.9 Å². The highest BCUT2D eigenvalue weighted by atomic mass is 32.2. The van der Waals surface area contributed by atoms with Crippen LogP contribution >= 0.6 is 0 Å². The maximum absolute atomic E-state index is 13.2. The molecule has 3 rings (SSSR count). The number of nitrogens with zero attached hydrogens (tertiary/aromatic N) is 1. The van der Waals surface area contributed by atoms with E-state index in [0.29, 0.717) is 18.4 Å². The minimum atomic E-state index is -3.08. The molecule has 1 aromatic carbocycles. The fourth-order valence-corrected chi connectivity index (χ4v) is 5.08. The minimum Gasteiger partial charge on any atom is -0.352 e. The van der Waals surface area contributed by atoms with Gasteiger partial charge < -0.3 is 10.6 Å². The number of hydrogen-bond acceptors (Lipinski definition) is 5. The third-order valence-corrected chi connectivity index (χ3v) is 6.65. The van der Waals surface area contributed by atoms with Crippen LogP contribution < -0.4 is 10.6 Å². The van der Waals surface area contributed by atoms with Crippen molar-refractivity contribution in [3.63, 3.8) is 0 Å². The van der Waals surface area contributed by atoms with Gasteiger partial charge in [0.2, 0.25) is 5.91 Å². The van der Waals surface area contributed by atoms with Gasteiger partial charge in [0, 0.05) is 19.0 Å². The van der Waals surface area contributed by atoms with Gasteiger partial charge in [-0.2, -0.15) is 0 Å². The Kier molecular flexibility index (Phi) is 5.97. The number of halogens is 1. The summed E-state index contributed by atoms with van der Waals surface area (Å²) in [6.45, 7) is 0.122. The standard InChI is InChI=1S/C18H22FN3O5S/c19-13-3-1-2-12(10-13)6-8-22-17(24)15(21-18(22)25)4-5-16(23)20-14-7-9-28(26,27)11-14/h1-3,10,14-15H,4-9,11H2,(H,20,23)(H,21,25)/t14-,15+/m0/s1. The van der Waals surface area contributed by atoms with E-state index in [4.69, 9.17) is 0 Å². The molecule has 0 radical (unpaired) electrons. The second kappa shape index (κ2) is 8.26. The molecule has 0 unspecified atom stereocenters. The maximum atomic E-state index is 13.2. The zero-order chi connectivity index (χ0) is 20.3. The van der Waals surface area contributed by atoms with Gasteiger partial charge in [0.15, 0.2) is 9.84 Å². The fraction of sp³-hybridized carbons (Fsp3) is 0.500. The zero-order valence-electron chi connectivity index (χ0n) is 15.2. The number of rotatable bonds is 7. The van der Waals surface area contributed by atoms with Gasteiger partial charge >= 0.3 is 6.03 Å². The first kappa shape index (κ1) is 20.2. The van der Waals surface area contributed by atoms with E-state index in [9.17, 15) is 27.2 Å². The third-order valence-electron chi connectivity index (χ3n) is 4.88. The number of nitrogens with one attached hydrogen (secondary N) is 2. The summed E-state index contributed by atoms with van der Waals surface area (Å²) in [6.07, 6.45) is 0.860. The number of carbonyl (C=O) groups is 3. The highest BCUT2D eigenvalue weighted by Crippen LogP contribution is 2.15. The van der Waals surface area contributed by atoms with Gasteiger partial charge in [0.05, 0.1) is 11.5 Å². The molecule has 0 aliphatic carbocycles. The Morgan fingerprint density at radius 2 is 2.11 bits per heavy atom. The molecule has 0 aromatic heterocycles. The van der Waals surface area contributed by atoms with Crippen LogP contribution in [0.5, 0.6) is 0 Å². The first-order chi connectivity index (χ1) is 13.2. The highest BCUT2D eigenvalue weighted by Gasteiger charge is 2.37. The number of sulfone groups is 1. The molecule has 0 bridgehead atoms. The van der Waals surface area contributed by atoms with E-state index in [2.05, 4.69) is 10.6 Å². The molecule has 10 heteroatoms. The van der Waals surface area contributed by atoms with Crippen molar-refractivity contribution in [2.24, 2.45) is 0 Å². The second-order valence-electron chi connectivity index (χ2n) is 7.08. The van der Waals surface area contributed by atoms with Crippen LogP contribution in [0.25, 0.3) is 0 Å². The molecule has 28 heavy (non-hydrogen) atoms. The average molecular weight is 411 g/mol. The van der Waals surface area contributed by atoms with Crippen LogP contribution in [0.2, 0.25) is 0 Å². The Bertz CT molecular complexity index is 889. The van der Waals surface area contributed by atoms with Crippen molar-refractivity contribution >= 4 is 27.7 Å². The van der Waals surface area contributed by atoms with Crippen LogP contribution in [0.4, 0.5) is 9.18 Å². The molecular weight excluding hydrogens is 389 g/mol. The number of hydrogen-bond donors (Lipinski definition) is 2. The Morgan fingerprint density at radius 1 is 1.32 bits per heavy atom. The molecule has 8 nitrogen and oxygen atoms in total. The quantitative estimate of drug-likeness (QED) is 0.630. The summed E-state index contributed by atoms with van der Waals surface area (Å²) in [4.78, 5) is 37.5. The van der Waals surface area contributed by atoms with Gasteiger partial charge in [-0.1, -0.05) is 12.1 Å². The lowest BCUT2D eigenvalue weighted by molar-refractivity contribution is -0.127. The largest absolute Gasteiger partial charge is 0.352 e. The van der Waals surface area contributed by atoms with Crippen molar-refractivity contribution in [1.29, 1.82) is 0 Å². The Balaban J connectivity index is 1.46. The molecule has 1 aromatic rings. The smallest absolute Gasteiger partial charge is 0.324 e. The average Bonchev–Trinajstić information content (AvgIpc) is 3.09. The summed E-state index contributed by atoms with van der Waals surface area (Å²) < 4.78 is 36.1. The van der Waals surface area contributed by atoms with Crippen molar-refractivity contribution in [3.8, 4) is 0 Å². The minimum absolute atomic E-state index is 0.00493. The number of amides is 4. The van der Waals surface area contributed by atoms with Crippen molar-refractivity contribution in [2.75, 3.05) is 18.1 Å². The van der Waals surface area contributed by atoms with Crippen LogP contribution in [-0.2, 0) is 25.8 Å².